The minimum absolute atomic E-state index is 0.0532. The Morgan fingerprint density at radius 1 is 1.36 bits per heavy atom. The number of nitrogens with one attached hydrogen (secondary N) is 1. The van der Waals surface area contributed by atoms with Gasteiger partial charge in [-0.1, -0.05) is 42.4 Å². The molecule has 1 aliphatic heterocycles. The quantitative estimate of drug-likeness (QED) is 0.798. The lowest BCUT2D eigenvalue weighted by Crippen LogP contribution is -2.20. The Kier molecular flexibility index (Phi) is 2.70. The molecule has 2 atom stereocenters. The van der Waals surface area contributed by atoms with Gasteiger partial charge in [0.25, 0.3) is 5.24 Å². The Labute approximate surface area is 92.0 Å². The Balaban J connectivity index is 2.23. The smallest absolute Gasteiger partial charge is 0.279 e. The lowest BCUT2D eigenvalue weighted by atomic mass is 10.1. The van der Waals surface area contributed by atoms with Crippen LogP contribution in [0, 0.1) is 0 Å². The predicted octanol–water partition coefficient (Wildman–Crippen LogP) is 3.23. The van der Waals surface area contributed by atoms with E-state index in [0.29, 0.717) is 0 Å². The van der Waals surface area contributed by atoms with Gasteiger partial charge in [0, 0.05) is 10.3 Å². The van der Waals surface area contributed by atoms with E-state index in [-0.39, 0.29) is 16.5 Å². The molecule has 1 fully saturated rings. The number of amides is 1. The fraction of sp³-hybridized carbons (Fsp3) is 0.300. The summed E-state index contributed by atoms with van der Waals surface area (Å²) < 4.78 is 0. The SMILES string of the molecule is CC1SC(=O)NC1c1ccc(Cl)cc1. The van der Waals surface area contributed by atoms with Gasteiger partial charge in [-0.2, -0.15) is 0 Å². The van der Waals surface area contributed by atoms with Gasteiger partial charge in [0.15, 0.2) is 0 Å². The maximum absolute atomic E-state index is 11.1. The number of hydrogen-bond donors (Lipinski definition) is 1. The van der Waals surface area contributed by atoms with Gasteiger partial charge in [0.05, 0.1) is 6.04 Å². The number of benzene rings is 1. The summed E-state index contributed by atoms with van der Waals surface area (Å²) in [6.07, 6.45) is 0. The minimum Gasteiger partial charge on any atom is -0.339 e. The van der Waals surface area contributed by atoms with Crippen molar-refractivity contribution in [3.8, 4) is 0 Å². The van der Waals surface area contributed by atoms with Crippen molar-refractivity contribution in [2.75, 3.05) is 0 Å². The summed E-state index contributed by atoms with van der Waals surface area (Å²) in [6.45, 7) is 2.04. The molecule has 1 aromatic carbocycles. The van der Waals surface area contributed by atoms with Gasteiger partial charge in [-0.25, -0.2) is 0 Å². The monoisotopic (exact) mass is 227 g/mol. The van der Waals surface area contributed by atoms with Crippen LogP contribution in [0.25, 0.3) is 0 Å². The van der Waals surface area contributed by atoms with Gasteiger partial charge in [-0.15, -0.1) is 0 Å². The van der Waals surface area contributed by atoms with E-state index in [1.165, 1.54) is 11.8 Å². The first-order chi connectivity index (χ1) is 6.66. The lowest BCUT2D eigenvalue weighted by molar-refractivity contribution is 0.260. The number of hydrogen-bond acceptors (Lipinski definition) is 2. The van der Waals surface area contributed by atoms with E-state index < -0.39 is 0 Å². The largest absolute Gasteiger partial charge is 0.339 e. The van der Waals surface area contributed by atoms with Gasteiger partial charge < -0.3 is 5.32 Å². The summed E-state index contributed by atoms with van der Waals surface area (Å²) in [7, 11) is 0. The second-order valence-electron chi connectivity index (χ2n) is 3.28. The van der Waals surface area contributed by atoms with Crippen LogP contribution in [0.2, 0.25) is 5.02 Å². The van der Waals surface area contributed by atoms with Crippen molar-refractivity contribution < 1.29 is 4.79 Å². The topological polar surface area (TPSA) is 29.1 Å². The molecule has 4 heteroatoms. The van der Waals surface area contributed by atoms with E-state index in [1.54, 1.807) is 0 Å². The zero-order valence-electron chi connectivity index (χ0n) is 7.66. The summed E-state index contributed by atoms with van der Waals surface area (Å²) in [4.78, 5) is 11.1. The maximum atomic E-state index is 11.1. The molecule has 2 nitrogen and oxygen atoms in total. The predicted molar refractivity (Wildman–Crippen MR) is 59.8 cm³/mol. The van der Waals surface area contributed by atoms with E-state index in [1.807, 2.05) is 31.2 Å². The van der Waals surface area contributed by atoms with Crippen molar-refractivity contribution in [1.82, 2.24) is 5.32 Å². The van der Waals surface area contributed by atoms with Crippen LogP contribution in [-0.2, 0) is 0 Å². The molecule has 0 aromatic heterocycles. The molecule has 0 bridgehead atoms. The first kappa shape index (κ1) is 9.87. The molecule has 74 valence electrons. The number of thioether (sulfide) groups is 1. The molecule has 0 aliphatic carbocycles. The molecule has 0 radical (unpaired) electrons. The minimum atomic E-state index is 0.0532. The highest BCUT2D eigenvalue weighted by Crippen LogP contribution is 2.33. The summed E-state index contributed by atoms with van der Waals surface area (Å²) in [5.74, 6) is 0. The molecular formula is C10H10ClNOS. The molecule has 0 spiro atoms. The van der Waals surface area contributed by atoms with Crippen LogP contribution in [0.3, 0.4) is 0 Å². The Morgan fingerprint density at radius 3 is 2.50 bits per heavy atom. The highest BCUT2D eigenvalue weighted by Gasteiger charge is 2.30. The Bertz CT molecular complexity index is 352. The number of rotatable bonds is 1. The Morgan fingerprint density at radius 2 is 2.00 bits per heavy atom. The van der Waals surface area contributed by atoms with Crippen LogP contribution in [0.1, 0.15) is 18.5 Å². The molecule has 1 aromatic rings. The van der Waals surface area contributed by atoms with Crippen LogP contribution in [0.15, 0.2) is 24.3 Å². The van der Waals surface area contributed by atoms with Gasteiger partial charge in [-0.05, 0) is 17.7 Å². The number of carbonyl (C=O) groups excluding carboxylic acids is 1. The fourth-order valence-electron chi connectivity index (χ4n) is 1.54. The summed E-state index contributed by atoms with van der Waals surface area (Å²) in [5.41, 5.74) is 1.11. The molecule has 1 aliphatic rings. The van der Waals surface area contributed by atoms with Gasteiger partial charge in [0.2, 0.25) is 0 Å². The van der Waals surface area contributed by atoms with E-state index in [0.717, 1.165) is 10.6 Å². The van der Waals surface area contributed by atoms with Crippen molar-refractivity contribution in [2.45, 2.75) is 18.2 Å². The van der Waals surface area contributed by atoms with Crippen molar-refractivity contribution >= 4 is 28.6 Å². The Hall–Kier alpha value is -0.670. The van der Waals surface area contributed by atoms with Crippen molar-refractivity contribution in [3.05, 3.63) is 34.9 Å². The first-order valence-corrected chi connectivity index (χ1v) is 5.65. The van der Waals surface area contributed by atoms with E-state index in [9.17, 15) is 4.79 Å². The average molecular weight is 228 g/mol. The molecule has 14 heavy (non-hydrogen) atoms. The standard InChI is InChI=1S/C10H10ClNOS/c1-6-9(12-10(13)14-6)7-2-4-8(11)5-3-7/h2-6,9H,1H3,(H,12,13). The van der Waals surface area contributed by atoms with Crippen molar-refractivity contribution in [2.24, 2.45) is 0 Å². The van der Waals surface area contributed by atoms with Crippen molar-refractivity contribution in [3.63, 3.8) is 0 Å². The van der Waals surface area contributed by atoms with E-state index in [4.69, 9.17) is 11.6 Å². The van der Waals surface area contributed by atoms with Gasteiger partial charge in [0.1, 0.15) is 0 Å². The highest BCUT2D eigenvalue weighted by atomic mass is 35.5. The first-order valence-electron chi connectivity index (χ1n) is 4.39. The molecule has 1 N–H and O–H groups in total. The molecule has 1 amide bonds. The molecule has 1 heterocycles. The maximum Gasteiger partial charge on any atom is 0.279 e. The van der Waals surface area contributed by atoms with E-state index >= 15 is 0 Å². The molecule has 1 saturated heterocycles. The third-order valence-electron chi connectivity index (χ3n) is 2.26. The zero-order valence-corrected chi connectivity index (χ0v) is 9.23. The second-order valence-corrected chi connectivity index (χ2v) is 5.07. The van der Waals surface area contributed by atoms with Crippen LogP contribution < -0.4 is 5.32 Å². The molecule has 0 saturated carbocycles. The van der Waals surface area contributed by atoms with Crippen LogP contribution in [0.5, 0.6) is 0 Å². The normalized spacial score (nSPS) is 26.3. The van der Waals surface area contributed by atoms with Crippen LogP contribution in [0.4, 0.5) is 4.79 Å². The fourth-order valence-corrected chi connectivity index (χ4v) is 2.56. The second kappa shape index (κ2) is 3.83. The van der Waals surface area contributed by atoms with Gasteiger partial charge in [-0.3, -0.25) is 4.79 Å². The zero-order chi connectivity index (χ0) is 10.1. The highest BCUT2D eigenvalue weighted by molar-refractivity contribution is 8.14. The molecular weight excluding hydrogens is 218 g/mol. The number of halogens is 1. The summed E-state index contributed by atoms with van der Waals surface area (Å²) >= 11 is 7.14. The average Bonchev–Trinajstić information content (AvgIpc) is 2.47. The summed E-state index contributed by atoms with van der Waals surface area (Å²) in [6, 6.07) is 7.72. The van der Waals surface area contributed by atoms with Crippen LogP contribution in [-0.4, -0.2) is 10.5 Å². The van der Waals surface area contributed by atoms with Crippen LogP contribution >= 0.6 is 23.4 Å². The molecule has 2 rings (SSSR count). The third-order valence-corrected chi connectivity index (χ3v) is 3.49. The lowest BCUT2D eigenvalue weighted by Gasteiger charge is -2.13. The summed E-state index contributed by atoms with van der Waals surface area (Å²) in [5, 5.41) is 3.98. The van der Waals surface area contributed by atoms with Gasteiger partial charge >= 0.3 is 0 Å². The third kappa shape index (κ3) is 1.88. The van der Waals surface area contributed by atoms with E-state index in [2.05, 4.69) is 5.32 Å². The molecule has 2 unspecified atom stereocenters. The van der Waals surface area contributed by atoms with Crippen molar-refractivity contribution in [1.29, 1.82) is 0 Å². The number of carbonyl (C=O) groups is 1.